The average Bonchev–Trinajstić information content (AvgIpc) is 3.12. The number of nitrogens with zero attached hydrogens (tertiary/aromatic N) is 3. The van der Waals surface area contributed by atoms with Crippen LogP contribution in [0.15, 0.2) is 53.8 Å². The highest BCUT2D eigenvalue weighted by atomic mass is 19.4. The molecule has 1 saturated heterocycles. The Morgan fingerprint density at radius 1 is 1.14 bits per heavy atom. The van der Waals surface area contributed by atoms with E-state index in [2.05, 4.69) is 10.1 Å². The maximum absolute atomic E-state index is 13.0. The van der Waals surface area contributed by atoms with Gasteiger partial charge in [-0.05, 0) is 24.3 Å². The van der Waals surface area contributed by atoms with E-state index < -0.39 is 17.3 Å². The van der Waals surface area contributed by atoms with Gasteiger partial charge < -0.3 is 9.74 Å². The zero-order valence-corrected chi connectivity index (χ0v) is 15.7. The Hall–Kier alpha value is -2.90. The van der Waals surface area contributed by atoms with Gasteiger partial charge in [0.05, 0.1) is 17.7 Å². The lowest BCUT2D eigenvalue weighted by atomic mass is 9.85. The molecule has 0 bridgehead atoms. The molecule has 1 aromatic carbocycles. The van der Waals surface area contributed by atoms with Crippen LogP contribution in [0.1, 0.15) is 36.1 Å². The molecule has 1 amide bonds. The van der Waals surface area contributed by atoms with Gasteiger partial charge in [-0.25, -0.2) is 0 Å². The van der Waals surface area contributed by atoms with Gasteiger partial charge in [-0.1, -0.05) is 23.4 Å². The number of oxime groups is 1. The second kappa shape index (κ2) is 7.50. The number of halogens is 3. The van der Waals surface area contributed by atoms with Gasteiger partial charge in [0.1, 0.15) is 5.60 Å². The molecule has 2 aromatic rings. The van der Waals surface area contributed by atoms with Crippen LogP contribution in [0.3, 0.4) is 0 Å². The topological polar surface area (TPSA) is 54.8 Å². The fourth-order valence-corrected chi connectivity index (χ4v) is 3.75. The number of alkyl halides is 3. The number of likely N-dealkylation sites (tertiary alicyclic amines) is 1. The first-order chi connectivity index (χ1) is 13.8. The van der Waals surface area contributed by atoms with Gasteiger partial charge in [-0.3, -0.25) is 9.78 Å². The number of piperidine rings is 1. The van der Waals surface area contributed by atoms with Crippen molar-refractivity contribution in [3.63, 3.8) is 0 Å². The van der Waals surface area contributed by atoms with Gasteiger partial charge in [-0.15, -0.1) is 0 Å². The molecule has 2 aliphatic rings. The van der Waals surface area contributed by atoms with Crippen LogP contribution >= 0.6 is 0 Å². The monoisotopic (exact) mass is 403 g/mol. The quantitative estimate of drug-likeness (QED) is 0.783. The SMILES string of the molecule is O=C(Cc1ccccn1)N1CCC2(CC1)CC(c1cccc(C(F)(F)F)c1)=NO2. The smallest absolute Gasteiger partial charge is 0.388 e. The minimum atomic E-state index is -4.40. The lowest BCUT2D eigenvalue weighted by molar-refractivity contribution is -0.138. The van der Waals surface area contributed by atoms with Crippen LogP contribution in [-0.2, 0) is 22.2 Å². The summed E-state index contributed by atoms with van der Waals surface area (Å²) in [6.07, 6.45) is -0.864. The number of hydrogen-bond acceptors (Lipinski definition) is 4. The zero-order chi connectivity index (χ0) is 20.5. The molecular formula is C21H20F3N3O2. The van der Waals surface area contributed by atoms with E-state index in [1.165, 1.54) is 6.07 Å². The lowest BCUT2D eigenvalue weighted by Crippen LogP contribution is -2.47. The molecule has 4 rings (SSSR count). The van der Waals surface area contributed by atoms with E-state index in [1.54, 1.807) is 23.2 Å². The molecule has 0 N–H and O–H groups in total. The Balaban J connectivity index is 1.36. The maximum atomic E-state index is 13.0. The first kappa shape index (κ1) is 19.4. The summed E-state index contributed by atoms with van der Waals surface area (Å²) in [5.41, 5.74) is 0.416. The fourth-order valence-electron chi connectivity index (χ4n) is 3.75. The number of carbonyl (C=O) groups excluding carboxylic acids is 1. The number of hydrogen-bond donors (Lipinski definition) is 0. The standard InChI is InChI=1S/C21H20F3N3O2/c22-21(23,24)16-5-3-4-15(12-16)18-14-20(29-26-18)7-10-27(11-8-20)19(28)13-17-6-1-2-9-25-17/h1-6,9,12H,7-8,10-11,13-14H2. The van der Waals surface area contributed by atoms with Crippen LogP contribution in [0, 0.1) is 0 Å². The van der Waals surface area contributed by atoms with Crippen LogP contribution in [0.2, 0.25) is 0 Å². The molecule has 0 unspecified atom stereocenters. The molecule has 2 aliphatic heterocycles. The Morgan fingerprint density at radius 2 is 1.93 bits per heavy atom. The van der Waals surface area contributed by atoms with Gasteiger partial charge in [0.15, 0.2) is 0 Å². The number of amides is 1. The van der Waals surface area contributed by atoms with E-state index in [-0.39, 0.29) is 12.3 Å². The minimum Gasteiger partial charge on any atom is -0.388 e. The molecule has 1 spiro atoms. The molecule has 0 saturated carbocycles. The molecule has 0 aliphatic carbocycles. The van der Waals surface area contributed by atoms with Crippen molar-refractivity contribution in [3.05, 3.63) is 65.5 Å². The van der Waals surface area contributed by atoms with Crippen molar-refractivity contribution in [1.29, 1.82) is 0 Å². The number of aromatic nitrogens is 1. The normalized spacial score (nSPS) is 18.4. The van der Waals surface area contributed by atoms with E-state index in [0.29, 0.717) is 43.6 Å². The van der Waals surface area contributed by atoms with Crippen LogP contribution in [-0.4, -0.2) is 40.2 Å². The molecule has 1 fully saturated rings. The average molecular weight is 403 g/mol. The van der Waals surface area contributed by atoms with Gasteiger partial charge in [0.2, 0.25) is 5.91 Å². The minimum absolute atomic E-state index is 0.00978. The summed E-state index contributed by atoms with van der Waals surface area (Å²) < 4.78 is 38.9. The summed E-state index contributed by atoms with van der Waals surface area (Å²) in [5.74, 6) is 0.00978. The second-order valence-corrected chi connectivity index (χ2v) is 7.45. The number of pyridine rings is 1. The highest BCUT2D eigenvalue weighted by Gasteiger charge is 2.43. The van der Waals surface area contributed by atoms with Crippen molar-refractivity contribution in [1.82, 2.24) is 9.88 Å². The van der Waals surface area contributed by atoms with E-state index in [0.717, 1.165) is 17.8 Å². The fraction of sp³-hybridized carbons (Fsp3) is 0.381. The Kier molecular flexibility index (Phi) is 5.02. The second-order valence-electron chi connectivity index (χ2n) is 7.45. The van der Waals surface area contributed by atoms with Crippen molar-refractivity contribution in [3.8, 4) is 0 Å². The van der Waals surface area contributed by atoms with Crippen LogP contribution < -0.4 is 0 Å². The van der Waals surface area contributed by atoms with Crippen molar-refractivity contribution < 1.29 is 22.8 Å². The predicted molar refractivity (Wildman–Crippen MR) is 100 cm³/mol. The highest BCUT2D eigenvalue weighted by molar-refractivity contribution is 6.01. The summed E-state index contributed by atoms with van der Waals surface area (Å²) in [6, 6.07) is 10.6. The third kappa shape index (κ3) is 4.26. The number of rotatable bonds is 3. The van der Waals surface area contributed by atoms with E-state index in [9.17, 15) is 18.0 Å². The van der Waals surface area contributed by atoms with Gasteiger partial charge in [0, 0.05) is 49.8 Å². The first-order valence-electron chi connectivity index (χ1n) is 9.45. The molecular weight excluding hydrogens is 383 g/mol. The summed E-state index contributed by atoms with van der Waals surface area (Å²) in [7, 11) is 0. The number of carbonyl (C=O) groups is 1. The molecule has 0 radical (unpaired) electrons. The lowest BCUT2D eigenvalue weighted by Gasteiger charge is -2.37. The molecule has 29 heavy (non-hydrogen) atoms. The van der Waals surface area contributed by atoms with Gasteiger partial charge in [0.25, 0.3) is 0 Å². The molecule has 3 heterocycles. The first-order valence-corrected chi connectivity index (χ1v) is 9.45. The molecule has 1 aromatic heterocycles. The third-order valence-electron chi connectivity index (χ3n) is 5.45. The largest absolute Gasteiger partial charge is 0.416 e. The van der Waals surface area contributed by atoms with Crippen molar-refractivity contribution in [2.75, 3.05) is 13.1 Å². The van der Waals surface area contributed by atoms with Gasteiger partial charge in [-0.2, -0.15) is 13.2 Å². The number of benzene rings is 1. The van der Waals surface area contributed by atoms with Crippen LogP contribution in [0.25, 0.3) is 0 Å². The van der Waals surface area contributed by atoms with E-state index >= 15 is 0 Å². The van der Waals surface area contributed by atoms with Crippen molar-refractivity contribution >= 4 is 11.6 Å². The van der Waals surface area contributed by atoms with E-state index in [4.69, 9.17) is 4.84 Å². The van der Waals surface area contributed by atoms with Crippen molar-refractivity contribution in [2.45, 2.75) is 37.5 Å². The van der Waals surface area contributed by atoms with Crippen molar-refractivity contribution in [2.24, 2.45) is 5.16 Å². The Bertz CT molecular complexity index is 920. The predicted octanol–water partition coefficient (Wildman–Crippen LogP) is 3.83. The highest BCUT2D eigenvalue weighted by Crippen LogP contribution is 2.37. The van der Waals surface area contributed by atoms with Crippen LogP contribution in [0.4, 0.5) is 13.2 Å². The maximum Gasteiger partial charge on any atom is 0.416 e. The molecule has 0 atom stereocenters. The zero-order valence-electron chi connectivity index (χ0n) is 15.7. The Morgan fingerprint density at radius 3 is 2.62 bits per heavy atom. The Labute approximate surface area is 166 Å². The van der Waals surface area contributed by atoms with Crippen LogP contribution in [0.5, 0.6) is 0 Å². The summed E-state index contributed by atoms with van der Waals surface area (Å²) in [5, 5.41) is 4.08. The third-order valence-corrected chi connectivity index (χ3v) is 5.45. The van der Waals surface area contributed by atoms with Gasteiger partial charge >= 0.3 is 6.18 Å². The molecule has 5 nitrogen and oxygen atoms in total. The summed E-state index contributed by atoms with van der Waals surface area (Å²) in [4.78, 5) is 24.1. The van der Waals surface area contributed by atoms with E-state index in [1.807, 2.05) is 12.1 Å². The summed E-state index contributed by atoms with van der Waals surface area (Å²) in [6.45, 7) is 1.05. The molecule has 8 heteroatoms. The summed E-state index contributed by atoms with van der Waals surface area (Å²) >= 11 is 0. The molecule has 152 valence electrons.